The van der Waals surface area contributed by atoms with E-state index in [9.17, 15) is 9.59 Å². The molecule has 0 aromatic heterocycles. The first-order chi connectivity index (χ1) is 9.06. The normalized spacial score (nSPS) is 16.7. The molecule has 1 fully saturated rings. The number of hydrogen-bond donors (Lipinski definition) is 1. The largest absolute Gasteiger partial charge is 0.412 e. The van der Waals surface area contributed by atoms with E-state index in [4.69, 9.17) is 0 Å². The first-order valence-corrected chi connectivity index (χ1v) is 6.51. The third-order valence-electron chi connectivity index (χ3n) is 3.26. The molecule has 0 aliphatic heterocycles. The minimum absolute atomic E-state index is 0. The Labute approximate surface area is 118 Å². The molecule has 1 amide bonds. The van der Waals surface area contributed by atoms with Crippen LogP contribution in [0.25, 0.3) is 0 Å². The number of hydrogen-bond acceptors (Lipinski definition) is 3. The van der Waals surface area contributed by atoms with Gasteiger partial charge < -0.3 is 5.48 Å². The molecule has 5 nitrogen and oxygen atoms in total. The van der Waals surface area contributed by atoms with E-state index in [1.165, 1.54) is 0 Å². The lowest BCUT2D eigenvalue weighted by atomic mass is 9.97. The van der Waals surface area contributed by atoms with Crippen LogP contribution in [-0.2, 0) is 4.79 Å². The molecule has 1 aromatic carbocycles. The topological polar surface area (TPSA) is 90.0 Å². The van der Waals surface area contributed by atoms with Gasteiger partial charge in [0.15, 0.2) is 0 Å². The summed E-state index contributed by atoms with van der Waals surface area (Å²) in [5.74, 6) is -0.0196. The van der Waals surface area contributed by atoms with E-state index in [1.807, 2.05) is 26.0 Å². The van der Waals surface area contributed by atoms with Gasteiger partial charge in [-0.2, -0.15) is 5.10 Å². The molecule has 0 unspecified atom stereocenters. The Morgan fingerprint density at radius 1 is 1.25 bits per heavy atom. The van der Waals surface area contributed by atoms with Crippen LogP contribution < -0.4 is 5.43 Å². The number of amides is 1. The lowest BCUT2D eigenvalue weighted by Crippen LogP contribution is -2.23. The van der Waals surface area contributed by atoms with Crippen molar-refractivity contribution >= 4 is 17.4 Å². The molecule has 0 atom stereocenters. The van der Waals surface area contributed by atoms with E-state index in [-0.39, 0.29) is 17.2 Å². The van der Waals surface area contributed by atoms with Gasteiger partial charge in [0.05, 0.1) is 0 Å². The Hall–Kier alpha value is -2.01. The Balaban J connectivity index is 0.00000200. The van der Waals surface area contributed by atoms with Crippen LogP contribution in [0.1, 0.15) is 47.2 Å². The minimum Gasteiger partial charge on any atom is -0.412 e. The van der Waals surface area contributed by atoms with Crippen LogP contribution in [0.4, 0.5) is 0 Å². The van der Waals surface area contributed by atoms with Gasteiger partial charge in [-0.15, -0.1) is 0 Å². The van der Waals surface area contributed by atoms with E-state index in [0.717, 1.165) is 29.7 Å². The third kappa shape index (κ3) is 3.99. The number of carbonyl (C=O) groups excluding carboxylic acids is 2. The zero-order chi connectivity index (χ0) is 13.8. The Morgan fingerprint density at radius 3 is 2.65 bits per heavy atom. The summed E-state index contributed by atoms with van der Waals surface area (Å²) < 4.78 is 0. The maximum absolute atomic E-state index is 12.0. The zero-order valence-corrected chi connectivity index (χ0v) is 11.8. The van der Waals surface area contributed by atoms with Crippen LogP contribution in [0.15, 0.2) is 23.3 Å². The molecule has 5 heteroatoms. The van der Waals surface area contributed by atoms with E-state index in [2.05, 4.69) is 10.5 Å². The summed E-state index contributed by atoms with van der Waals surface area (Å²) in [6.07, 6.45) is 2.62. The number of carbonyl (C=O) groups is 2. The second-order valence-corrected chi connectivity index (χ2v) is 5.01. The summed E-state index contributed by atoms with van der Waals surface area (Å²) in [5.41, 5.74) is 5.99. The lowest BCUT2D eigenvalue weighted by molar-refractivity contribution is -0.118. The number of benzene rings is 1. The summed E-state index contributed by atoms with van der Waals surface area (Å²) in [6.45, 7) is 3.89. The molecule has 20 heavy (non-hydrogen) atoms. The van der Waals surface area contributed by atoms with Crippen LogP contribution in [-0.4, -0.2) is 22.9 Å². The highest BCUT2D eigenvalue weighted by molar-refractivity contribution is 6.04. The molecular formula is C15H20N2O3. The highest BCUT2D eigenvalue weighted by atomic mass is 16.2. The van der Waals surface area contributed by atoms with Crippen LogP contribution in [0, 0.1) is 13.8 Å². The summed E-state index contributed by atoms with van der Waals surface area (Å²) >= 11 is 0. The average Bonchev–Trinajstić information content (AvgIpc) is 2.36. The van der Waals surface area contributed by atoms with Gasteiger partial charge in [0.1, 0.15) is 5.78 Å². The number of Topliss-reactive ketones (excluding diaryl/α,β-unsaturated/α-hetero) is 1. The number of nitrogens with one attached hydrogen (secondary N) is 1. The predicted molar refractivity (Wildman–Crippen MR) is 77.9 cm³/mol. The van der Waals surface area contributed by atoms with Gasteiger partial charge in [-0.3, -0.25) is 9.59 Å². The van der Waals surface area contributed by atoms with Crippen molar-refractivity contribution in [3.05, 3.63) is 34.9 Å². The van der Waals surface area contributed by atoms with Gasteiger partial charge in [-0.1, -0.05) is 17.7 Å². The number of nitrogens with zero attached hydrogens (tertiary/aromatic N) is 1. The second kappa shape index (κ2) is 6.96. The second-order valence-electron chi connectivity index (χ2n) is 5.01. The van der Waals surface area contributed by atoms with Crippen molar-refractivity contribution in [3.8, 4) is 0 Å². The molecule has 108 valence electrons. The van der Waals surface area contributed by atoms with E-state index < -0.39 is 0 Å². The SMILES string of the molecule is Cc1ccc(C(=O)N/N=C2\CCCC(=O)C2)c(C)c1.O. The molecule has 1 aliphatic rings. The standard InChI is InChI=1S/C15H18N2O2.H2O/c1-10-6-7-14(11(2)8-10)15(19)17-16-12-4-3-5-13(18)9-12;/h6-8H,3-5,9H2,1-2H3,(H,17,19);1H2/b16-12+;. The Kier molecular flexibility index (Phi) is 5.58. The first-order valence-electron chi connectivity index (χ1n) is 6.51. The monoisotopic (exact) mass is 276 g/mol. The maximum atomic E-state index is 12.0. The van der Waals surface area contributed by atoms with Gasteiger partial charge in [-0.25, -0.2) is 5.43 Å². The van der Waals surface area contributed by atoms with Gasteiger partial charge in [0.25, 0.3) is 5.91 Å². The number of aryl methyl sites for hydroxylation is 2. The molecule has 0 spiro atoms. The Bertz CT molecular complexity index is 550. The van der Waals surface area contributed by atoms with Gasteiger partial charge in [-0.05, 0) is 38.3 Å². The molecule has 1 saturated carbocycles. The van der Waals surface area contributed by atoms with Crippen molar-refractivity contribution in [2.24, 2.45) is 5.10 Å². The summed E-state index contributed by atoms with van der Waals surface area (Å²) in [6, 6.07) is 5.66. The maximum Gasteiger partial charge on any atom is 0.271 e. The molecule has 3 N–H and O–H groups in total. The smallest absolute Gasteiger partial charge is 0.271 e. The van der Waals surface area contributed by atoms with Gasteiger partial charge in [0, 0.05) is 24.1 Å². The van der Waals surface area contributed by atoms with Crippen molar-refractivity contribution in [2.75, 3.05) is 0 Å². The molecule has 0 bridgehead atoms. The van der Waals surface area contributed by atoms with Crippen LogP contribution in [0.2, 0.25) is 0 Å². The fourth-order valence-corrected chi connectivity index (χ4v) is 2.25. The quantitative estimate of drug-likeness (QED) is 0.833. The van der Waals surface area contributed by atoms with Crippen molar-refractivity contribution in [2.45, 2.75) is 39.5 Å². The van der Waals surface area contributed by atoms with Crippen molar-refractivity contribution in [1.29, 1.82) is 0 Å². The average molecular weight is 276 g/mol. The molecule has 1 aromatic rings. The van der Waals surface area contributed by atoms with Crippen molar-refractivity contribution in [1.82, 2.24) is 5.43 Å². The predicted octanol–water partition coefficient (Wildman–Crippen LogP) is 1.71. The van der Waals surface area contributed by atoms with Gasteiger partial charge in [0.2, 0.25) is 0 Å². The number of hydrazone groups is 1. The summed E-state index contributed by atoms with van der Waals surface area (Å²) in [5, 5.41) is 4.07. The molecule has 0 radical (unpaired) electrons. The highest BCUT2D eigenvalue weighted by Crippen LogP contribution is 2.12. The van der Waals surface area contributed by atoms with E-state index in [1.54, 1.807) is 6.07 Å². The zero-order valence-electron chi connectivity index (χ0n) is 11.8. The van der Waals surface area contributed by atoms with Crippen molar-refractivity contribution in [3.63, 3.8) is 0 Å². The van der Waals surface area contributed by atoms with Crippen LogP contribution in [0.5, 0.6) is 0 Å². The lowest BCUT2D eigenvalue weighted by Gasteiger charge is -2.12. The molecule has 1 aliphatic carbocycles. The molecule has 0 saturated heterocycles. The summed E-state index contributed by atoms with van der Waals surface area (Å²) in [4.78, 5) is 23.3. The minimum atomic E-state index is -0.219. The molecule has 2 rings (SSSR count). The van der Waals surface area contributed by atoms with Crippen LogP contribution in [0.3, 0.4) is 0 Å². The number of rotatable bonds is 2. The summed E-state index contributed by atoms with van der Waals surface area (Å²) in [7, 11) is 0. The van der Waals surface area contributed by atoms with Gasteiger partial charge >= 0.3 is 0 Å². The van der Waals surface area contributed by atoms with E-state index in [0.29, 0.717) is 18.4 Å². The first kappa shape index (κ1) is 16.0. The third-order valence-corrected chi connectivity index (χ3v) is 3.26. The van der Waals surface area contributed by atoms with Crippen molar-refractivity contribution < 1.29 is 15.1 Å². The fourth-order valence-electron chi connectivity index (χ4n) is 2.25. The number of ketones is 1. The van der Waals surface area contributed by atoms with Crippen LogP contribution >= 0.6 is 0 Å². The highest BCUT2D eigenvalue weighted by Gasteiger charge is 2.15. The molecule has 0 heterocycles. The Morgan fingerprint density at radius 2 is 2.00 bits per heavy atom. The fraction of sp³-hybridized carbons (Fsp3) is 0.400. The molecular weight excluding hydrogens is 256 g/mol. The van der Waals surface area contributed by atoms with E-state index >= 15 is 0 Å².